The Morgan fingerprint density at radius 1 is 1.11 bits per heavy atom. The quantitative estimate of drug-likeness (QED) is 0.217. The highest BCUT2D eigenvalue weighted by Crippen LogP contribution is 2.09. The lowest BCUT2D eigenvalue weighted by atomic mass is 10.3. The Hall–Kier alpha value is -2.43. The minimum Gasteiger partial charge on any atom is -0.356 e. The van der Waals surface area contributed by atoms with Gasteiger partial charge >= 0.3 is 0 Å². The molecule has 0 atom stereocenters. The number of aliphatic imine (C=N–C) groups is 1. The number of nitrogens with zero attached hydrogens (tertiary/aromatic N) is 5. The number of benzene rings is 1. The van der Waals surface area contributed by atoms with Crippen molar-refractivity contribution in [2.45, 2.75) is 19.4 Å². The standard InChI is InChI=1S/C19H24FN7.HI/c1-21-19(22-10-2-13-26-14-3-11-24-26)23-12-8-17-9-15-27(25-17)18-6-4-16(20)5-7-18;/h3-7,9,11,14-15H,2,8,10,12-13H2,1H3,(H2,21,22,23);1H. The van der Waals surface area contributed by atoms with Crippen molar-refractivity contribution in [3.63, 3.8) is 0 Å². The van der Waals surface area contributed by atoms with Crippen LogP contribution in [0.3, 0.4) is 0 Å². The molecule has 3 aromatic rings. The van der Waals surface area contributed by atoms with E-state index >= 15 is 0 Å². The molecule has 28 heavy (non-hydrogen) atoms. The van der Waals surface area contributed by atoms with E-state index in [1.54, 1.807) is 30.1 Å². The molecule has 0 saturated heterocycles. The van der Waals surface area contributed by atoms with Gasteiger partial charge in [-0.1, -0.05) is 0 Å². The van der Waals surface area contributed by atoms with Crippen LogP contribution >= 0.6 is 24.0 Å². The number of nitrogens with one attached hydrogen (secondary N) is 2. The van der Waals surface area contributed by atoms with Crippen molar-refractivity contribution in [2.75, 3.05) is 20.1 Å². The number of rotatable bonds is 8. The fourth-order valence-corrected chi connectivity index (χ4v) is 2.64. The predicted octanol–water partition coefficient (Wildman–Crippen LogP) is 2.62. The number of guanidine groups is 1. The third-order valence-electron chi connectivity index (χ3n) is 4.05. The van der Waals surface area contributed by atoms with Crippen LogP contribution < -0.4 is 10.6 Å². The molecule has 0 unspecified atom stereocenters. The van der Waals surface area contributed by atoms with Crippen LogP contribution in [0.4, 0.5) is 4.39 Å². The van der Waals surface area contributed by atoms with E-state index in [1.807, 2.05) is 29.2 Å². The molecule has 3 rings (SSSR count). The SMILES string of the molecule is CN=C(NCCCn1cccn1)NCCc1ccn(-c2ccc(F)cc2)n1.I. The zero-order valence-electron chi connectivity index (χ0n) is 15.8. The van der Waals surface area contributed by atoms with Crippen molar-refractivity contribution in [3.8, 4) is 5.69 Å². The van der Waals surface area contributed by atoms with Gasteiger partial charge in [0.1, 0.15) is 5.82 Å². The summed E-state index contributed by atoms with van der Waals surface area (Å²) in [5, 5.41) is 15.3. The summed E-state index contributed by atoms with van der Waals surface area (Å²) in [5.74, 6) is 0.521. The Balaban J connectivity index is 0.00000280. The molecule has 0 radical (unpaired) electrons. The smallest absolute Gasteiger partial charge is 0.190 e. The molecular weight excluding hydrogens is 472 g/mol. The minimum absolute atomic E-state index is 0. The second kappa shape index (κ2) is 11.4. The molecule has 2 N–H and O–H groups in total. The van der Waals surface area contributed by atoms with Gasteiger partial charge in [-0.15, -0.1) is 24.0 Å². The van der Waals surface area contributed by atoms with E-state index in [0.29, 0.717) is 0 Å². The van der Waals surface area contributed by atoms with Crippen LogP contribution in [0.1, 0.15) is 12.1 Å². The fraction of sp³-hybridized carbons (Fsp3) is 0.316. The molecular formula is C19H25FIN7. The van der Waals surface area contributed by atoms with E-state index in [1.165, 1.54) is 12.1 Å². The molecule has 0 bridgehead atoms. The van der Waals surface area contributed by atoms with E-state index in [4.69, 9.17) is 0 Å². The molecule has 7 nitrogen and oxygen atoms in total. The normalized spacial score (nSPS) is 11.1. The first-order valence-corrected chi connectivity index (χ1v) is 8.97. The van der Waals surface area contributed by atoms with Crippen molar-refractivity contribution in [1.29, 1.82) is 0 Å². The van der Waals surface area contributed by atoms with Gasteiger partial charge in [-0.25, -0.2) is 9.07 Å². The van der Waals surface area contributed by atoms with E-state index < -0.39 is 0 Å². The highest BCUT2D eigenvalue weighted by Gasteiger charge is 2.03. The van der Waals surface area contributed by atoms with Gasteiger partial charge in [-0.05, 0) is 42.8 Å². The molecule has 1 aromatic carbocycles. The summed E-state index contributed by atoms with van der Waals surface area (Å²) in [6.45, 7) is 2.41. The number of aromatic nitrogens is 4. The largest absolute Gasteiger partial charge is 0.356 e. The maximum Gasteiger partial charge on any atom is 0.190 e. The van der Waals surface area contributed by atoms with Gasteiger partial charge in [0.15, 0.2) is 5.96 Å². The summed E-state index contributed by atoms with van der Waals surface area (Å²) in [5.41, 5.74) is 1.80. The lowest BCUT2D eigenvalue weighted by Crippen LogP contribution is -2.39. The topological polar surface area (TPSA) is 72.1 Å². The highest BCUT2D eigenvalue weighted by molar-refractivity contribution is 14.0. The van der Waals surface area contributed by atoms with Gasteiger partial charge in [0.05, 0.1) is 11.4 Å². The van der Waals surface area contributed by atoms with Crippen molar-refractivity contribution in [3.05, 3.63) is 66.5 Å². The third-order valence-corrected chi connectivity index (χ3v) is 4.05. The van der Waals surface area contributed by atoms with Gasteiger partial charge in [0, 0.05) is 51.7 Å². The molecule has 150 valence electrons. The van der Waals surface area contributed by atoms with E-state index in [9.17, 15) is 4.39 Å². The first-order chi connectivity index (χ1) is 13.2. The van der Waals surface area contributed by atoms with E-state index in [2.05, 4.69) is 25.8 Å². The third kappa shape index (κ3) is 6.63. The Labute approximate surface area is 181 Å². The second-order valence-corrected chi connectivity index (χ2v) is 6.03. The molecule has 2 aromatic heterocycles. The molecule has 0 fully saturated rings. The number of aryl methyl sites for hydroxylation is 1. The van der Waals surface area contributed by atoms with Gasteiger partial charge < -0.3 is 10.6 Å². The molecule has 0 aliphatic heterocycles. The molecule has 9 heteroatoms. The van der Waals surface area contributed by atoms with Crippen LogP contribution in [-0.2, 0) is 13.0 Å². The lowest BCUT2D eigenvalue weighted by Gasteiger charge is -2.11. The summed E-state index contributed by atoms with van der Waals surface area (Å²) in [6, 6.07) is 10.2. The van der Waals surface area contributed by atoms with Crippen LogP contribution in [-0.4, -0.2) is 45.7 Å². The molecule has 0 aliphatic carbocycles. The van der Waals surface area contributed by atoms with Crippen LogP contribution in [0, 0.1) is 5.82 Å². The van der Waals surface area contributed by atoms with Gasteiger partial charge in [0.2, 0.25) is 0 Å². The number of hydrogen-bond acceptors (Lipinski definition) is 3. The van der Waals surface area contributed by atoms with Crippen molar-refractivity contribution >= 4 is 29.9 Å². The van der Waals surface area contributed by atoms with Crippen LogP contribution in [0.2, 0.25) is 0 Å². The molecule has 2 heterocycles. The Bertz CT molecular complexity index is 844. The molecule has 0 amide bonds. The van der Waals surface area contributed by atoms with E-state index in [0.717, 1.165) is 49.8 Å². The Kier molecular flexibility index (Phi) is 8.92. The summed E-state index contributed by atoms with van der Waals surface area (Å²) in [7, 11) is 1.76. The summed E-state index contributed by atoms with van der Waals surface area (Å²) in [6.07, 6.45) is 7.35. The summed E-state index contributed by atoms with van der Waals surface area (Å²) < 4.78 is 16.7. The maximum absolute atomic E-state index is 13.0. The van der Waals surface area contributed by atoms with Crippen molar-refractivity contribution < 1.29 is 4.39 Å². The molecule has 0 aliphatic rings. The predicted molar refractivity (Wildman–Crippen MR) is 119 cm³/mol. The van der Waals surface area contributed by atoms with Crippen molar-refractivity contribution in [2.24, 2.45) is 4.99 Å². The monoisotopic (exact) mass is 497 g/mol. The highest BCUT2D eigenvalue weighted by atomic mass is 127. The minimum atomic E-state index is -0.251. The Morgan fingerprint density at radius 2 is 1.89 bits per heavy atom. The van der Waals surface area contributed by atoms with Crippen LogP contribution in [0.5, 0.6) is 0 Å². The average Bonchev–Trinajstić information content (AvgIpc) is 3.36. The van der Waals surface area contributed by atoms with Crippen molar-refractivity contribution in [1.82, 2.24) is 30.2 Å². The summed E-state index contributed by atoms with van der Waals surface area (Å²) in [4.78, 5) is 4.23. The zero-order valence-corrected chi connectivity index (χ0v) is 18.1. The average molecular weight is 497 g/mol. The first-order valence-electron chi connectivity index (χ1n) is 8.97. The van der Waals surface area contributed by atoms with E-state index in [-0.39, 0.29) is 29.8 Å². The van der Waals surface area contributed by atoms with Gasteiger partial charge in [-0.2, -0.15) is 10.2 Å². The van der Waals surface area contributed by atoms with Crippen LogP contribution in [0.25, 0.3) is 5.69 Å². The molecule has 0 saturated carbocycles. The first kappa shape index (κ1) is 21.9. The number of hydrogen-bond donors (Lipinski definition) is 2. The summed E-state index contributed by atoms with van der Waals surface area (Å²) >= 11 is 0. The number of halogens is 2. The zero-order chi connectivity index (χ0) is 18.9. The van der Waals surface area contributed by atoms with Gasteiger partial charge in [0.25, 0.3) is 0 Å². The fourth-order valence-electron chi connectivity index (χ4n) is 2.64. The lowest BCUT2D eigenvalue weighted by molar-refractivity contribution is 0.570. The second-order valence-electron chi connectivity index (χ2n) is 6.03. The van der Waals surface area contributed by atoms with Gasteiger partial charge in [-0.3, -0.25) is 9.67 Å². The van der Waals surface area contributed by atoms with Crippen LogP contribution in [0.15, 0.2) is 60.0 Å². The molecule has 0 spiro atoms. The maximum atomic E-state index is 13.0. The Morgan fingerprint density at radius 3 is 2.61 bits per heavy atom.